The van der Waals surface area contributed by atoms with Gasteiger partial charge in [-0.05, 0) is 61.3 Å². The summed E-state index contributed by atoms with van der Waals surface area (Å²) in [5.41, 5.74) is 1.70. The zero-order chi connectivity index (χ0) is 22.0. The van der Waals surface area contributed by atoms with Crippen LogP contribution < -0.4 is 10.1 Å². The molecule has 0 bridgehead atoms. The van der Waals surface area contributed by atoms with Crippen molar-refractivity contribution < 1.29 is 9.84 Å². The molecule has 3 aromatic rings. The maximum Gasteiger partial charge on any atom is 0.217 e. The quantitative estimate of drug-likeness (QED) is 0.374. The van der Waals surface area contributed by atoms with Crippen LogP contribution in [0.3, 0.4) is 0 Å². The van der Waals surface area contributed by atoms with Crippen LogP contribution in [0.1, 0.15) is 37.3 Å². The van der Waals surface area contributed by atoms with Gasteiger partial charge in [0.2, 0.25) is 5.88 Å². The predicted octanol–water partition coefficient (Wildman–Crippen LogP) is 6.34. The van der Waals surface area contributed by atoms with Gasteiger partial charge in [-0.1, -0.05) is 53.2 Å². The van der Waals surface area contributed by atoms with Crippen LogP contribution in [0.15, 0.2) is 65.7 Å². The number of hydrogen-bond donors (Lipinski definition) is 2. The number of rotatable bonds is 6. The maximum atomic E-state index is 12.2. The molecule has 2 aromatic carbocycles. The van der Waals surface area contributed by atoms with Gasteiger partial charge in [-0.3, -0.25) is 0 Å². The van der Waals surface area contributed by atoms with Crippen molar-refractivity contribution in [3.05, 3.63) is 81.8 Å². The van der Waals surface area contributed by atoms with Crippen LogP contribution in [0, 0.1) is 5.92 Å². The molecule has 1 aliphatic heterocycles. The number of nitrogens with one attached hydrogen (secondary N) is 1. The van der Waals surface area contributed by atoms with Crippen molar-refractivity contribution >= 4 is 38.4 Å². The topological polar surface area (TPSA) is 54.4 Å². The number of fused-ring (bicyclic) bond motifs is 1. The molecule has 0 amide bonds. The number of methoxy groups -OCH3 is 1. The summed E-state index contributed by atoms with van der Waals surface area (Å²) in [5.74, 6) is 0.198. The molecule has 0 radical (unpaired) electrons. The van der Waals surface area contributed by atoms with Crippen molar-refractivity contribution in [2.45, 2.75) is 31.8 Å². The zero-order valence-electron chi connectivity index (χ0n) is 17.4. The Morgan fingerprint density at radius 1 is 1.31 bits per heavy atom. The molecule has 6 heteroatoms. The maximum absolute atomic E-state index is 12.2. The third kappa shape index (κ3) is 4.72. The molecule has 2 N–H and O–H groups in total. The van der Waals surface area contributed by atoms with Crippen LogP contribution in [0.5, 0.6) is 5.88 Å². The van der Waals surface area contributed by atoms with E-state index in [-0.39, 0.29) is 19.3 Å². The van der Waals surface area contributed by atoms with E-state index in [1.54, 1.807) is 7.11 Å². The minimum Gasteiger partial charge on any atom is -0.481 e. The molecule has 3 unspecified atom stereocenters. The standard InChI is InChI=1S/C25H26BrClN2O2.CH4/c1-3-4-18-15-28-12-11-25(18,30)23(16-5-8-20(27)9-6-16)21-14-17-13-19(26)7-10-22(17)29-24(21)31-2;/h3,5-10,13-14,18,23,28,30H,1,4,11-12,15H2,2H3;1H4. The Balaban J connectivity index is 0.00000289. The molecular weight excluding hydrogens is 488 g/mol. The van der Waals surface area contributed by atoms with Crippen LogP contribution in [-0.4, -0.2) is 35.9 Å². The number of piperidine rings is 1. The Hall–Kier alpha value is -1.92. The molecule has 0 aliphatic carbocycles. The van der Waals surface area contributed by atoms with Gasteiger partial charge < -0.3 is 15.2 Å². The van der Waals surface area contributed by atoms with Gasteiger partial charge in [-0.15, -0.1) is 6.58 Å². The van der Waals surface area contributed by atoms with Crippen molar-refractivity contribution in [1.82, 2.24) is 10.3 Å². The van der Waals surface area contributed by atoms with Crippen LogP contribution in [-0.2, 0) is 0 Å². The molecule has 1 aromatic heterocycles. The van der Waals surface area contributed by atoms with Crippen molar-refractivity contribution in [3.63, 3.8) is 0 Å². The van der Waals surface area contributed by atoms with E-state index in [9.17, 15) is 5.11 Å². The first-order chi connectivity index (χ1) is 15.0. The second kappa shape index (κ2) is 10.3. The molecule has 4 rings (SSSR count). The van der Waals surface area contributed by atoms with Crippen molar-refractivity contribution in [2.24, 2.45) is 5.92 Å². The fourth-order valence-corrected chi connectivity index (χ4v) is 5.23. The molecule has 1 fully saturated rings. The average molecular weight is 518 g/mol. The Morgan fingerprint density at radius 3 is 2.75 bits per heavy atom. The highest BCUT2D eigenvalue weighted by atomic mass is 79.9. The number of aromatic nitrogens is 1. The second-order valence-corrected chi connectivity index (χ2v) is 9.43. The first kappa shape index (κ1) is 24.7. The highest BCUT2D eigenvalue weighted by Crippen LogP contribution is 2.47. The number of ether oxygens (including phenoxy) is 1. The van der Waals surface area contributed by atoms with Gasteiger partial charge in [0.1, 0.15) is 0 Å². The van der Waals surface area contributed by atoms with E-state index in [0.29, 0.717) is 23.7 Å². The first-order valence-electron chi connectivity index (χ1n) is 10.4. The molecule has 2 heterocycles. The van der Waals surface area contributed by atoms with E-state index in [0.717, 1.165) is 39.6 Å². The van der Waals surface area contributed by atoms with Gasteiger partial charge in [-0.2, -0.15) is 0 Å². The van der Waals surface area contributed by atoms with Gasteiger partial charge in [0, 0.05) is 38.8 Å². The van der Waals surface area contributed by atoms with Crippen molar-refractivity contribution in [3.8, 4) is 5.88 Å². The summed E-state index contributed by atoms with van der Waals surface area (Å²) in [5, 5.41) is 17.3. The molecule has 4 nitrogen and oxygen atoms in total. The number of pyridine rings is 1. The van der Waals surface area contributed by atoms with Crippen LogP contribution in [0.25, 0.3) is 10.9 Å². The molecular formula is C26H30BrClN2O2. The highest BCUT2D eigenvalue weighted by Gasteiger charge is 2.47. The summed E-state index contributed by atoms with van der Waals surface area (Å²) in [7, 11) is 1.63. The number of nitrogens with zero attached hydrogens (tertiary/aromatic N) is 1. The Kier molecular flexibility index (Phi) is 7.99. The average Bonchev–Trinajstić information content (AvgIpc) is 2.76. The third-order valence-electron chi connectivity index (χ3n) is 6.23. The van der Waals surface area contributed by atoms with Crippen molar-refractivity contribution in [2.75, 3.05) is 20.2 Å². The third-order valence-corrected chi connectivity index (χ3v) is 6.97. The van der Waals surface area contributed by atoms with E-state index in [2.05, 4.69) is 33.9 Å². The lowest BCUT2D eigenvalue weighted by atomic mass is 9.66. The molecule has 0 spiro atoms. The van der Waals surface area contributed by atoms with Crippen LogP contribution in [0.4, 0.5) is 0 Å². The molecule has 32 heavy (non-hydrogen) atoms. The predicted molar refractivity (Wildman–Crippen MR) is 137 cm³/mol. The Labute approximate surface area is 203 Å². The monoisotopic (exact) mass is 516 g/mol. The molecule has 0 saturated carbocycles. The van der Waals surface area contributed by atoms with Gasteiger partial charge >= 0.3 is 0 Å². The summed E-state index contributed by atoms with van der Waals surface area (Å²) < 4.78 is 6.72. The number of hydrogen-bond acceptors (Lipinski definition) is 4. The number of halogens is 2. The number of benzene rings is 2. The second-order valence-electron chi connectivity index (χ2n) is 8.08. The normalized spacial score (nSPS) is 21.6. The van der Waals surface area contributed by atoms with Crippen LogP contribution in [0.2, 0.25) is 5.02 Å². The van der Waals surface area contributed by atoms with E-state index in [1.807, 2.05) is 48.5 Å². The lowest BCUT2D eigenvalue weighted by Crippen LogP contribution is -2.54. The smallest absolute Gasteiger partial charge is 0.217 e. The number of aliphatic hydroxyl groups is 1. The van der Waals surface area contributed by atoms with Crippen molar-refractivity contribution in [1.29, 1.82) is 0 Å². The largest absolute Gasteiger partial charge is 0.481 e. The lowest BCUT2D eigenvalue weighted by Gasteiger charge is -2.46. The minimum atomic E-state index is -0.998. The minimum absolute atomic E-state index is 0. The highest BCUT2D eigenvalue weighted by molar-refractivity contribution is 9.10. The fourth-order valence-electron chi connectivity index (χ4n) is 4.72. The first-order valence-corrected chi connectivity index (χ1v) is 11.6. The molecule has 1 saturated heterocycles. The van der Waals surface area contributed by atoms with Gasteiger partial charge in [0.25, 0.3) is 0 Å². The summed E-state index contributed by atoms with van der Waals surface area (Å²) in [6, 6.07) is 15.8. The molecule has 3 atom stereocenters. The van der Waals surface area contributed by atoms with E-state index < -0.39 is 5.60 Å². The van der Waals surface area contributed by atoms with Crippen LogP contribution >= 0.6 is 27.5 Å². The Morgan fingerprint density at radius 2 is 2.06 bits per heavy atom. The summed E-state index contributed by atoms with van der Waals surface area (Å²) in [4.78, 5) is 4.78. The van der Waals surface area contributed by atoms with Gasteiger partial charge in [-0.25, -0.2) is 4.98 Å². The van der Waals surface area contributed by atoms with Gasteiger partial charge in [0.15, 0.2) is 0 Å². The van der Waals surface area contributed by atoms with E-state index in [1.165, 1.54) is 0 Å². The summed E-state index contributed by atoms with van der Waals surface area (Å²) >= 11 is 9.74. The van der Waals surface area contributed by atoms with Gasteiger partial charge in [0.05, 0.1) is 18.2 Å². The van der Waals surface area contributed by atoms with E-state index >= 15 is 0 Å². The molecule has 1 aliphatic rings. The summed E-state index contributed by atoms with van der Waals surface area (Å²) in [6.07, 6.45) is 3.20. The van der Waals surface area contributed by atoms with E-state index in [4.69, 9.17) is 21.3 Å². The lowest BCUT2D eigenvalue weighted by molar-refractivity contribution is -0.0534. The Bertz CT molecular complexity index is 1090. The zero-order valence-corrected chi connectivity index (χ0v) is 19.8. The number of allylic oxidation sites excluding steroid dienone is 1. The fraction of sp³-hybridized carbons (Fsp3) is 0.346. The summed E-state index contributed by atoms with van der Waals surface area (Å²) in [6.45, 7) is 5.39. The SMILES string of the molecule is C.C=CCC1CNCCC1(O)C(c1ccc(Cl)cc1)c1cc2cc(Br)ccc2nc1OC. The molecule has 170 valence electrons.